The summed E-state index contributed by atoms with van der Waals surface area (Å²) in [6.45, 7) is 2.24. The number of carbonyl (C=O) groups is 1. The molecule has 0 unspecified atom stereocenters. The summed E-state index contributed by atoms with van der Waals surface area (Å²) in [4.78, 5) is 18.1. The smallest absolute Gasteiger partial charge is 0.272 e. The Bertz CT molecular complexity index is 378. The summed E-state index contributed by atoms with van der Waals surface area (Å²) in [5, 5.41) is 0.861. The Balaban J connectivity index is 1.84. The third-order valence-electron chi connectivity index (χ3n) is 3.04. The lowest BCUT2D eigenvalue weighted by atomic mass is 10.1. The molecular weight excluding hydrogens is 296 g/mol. The molecule has 0 spiro atoms. The monoisotopic (exact) mass is 312 g/mol. The Hall–Kier alpha value is -0.940. The van der Waals surface area contributed by atoms with Crippen LogP contribution in [-0.2, 0) is 4.74 Å². The lowest BCUT2D eigenvalue weighted by Crippen LogP contribution is -2.41. The number of ether oxygens (including phenoxy) is 1. The molecule has 0 saturated carbocycles. The number of pyridine rings is 1. The van der Waals surface area contributed by atoms with E-state index in [4.69, 9.17) is 4.74 Å². The summed E-state index contributed by atoms with van der Waals surface area (Å²) in [5.74, 6) is 0.0227. The van der Waals surface area contributed by atoms with Crippen LogP contribution in [0.15, 0.2) is 24.4 Å². The number of amides is 1. The van der Waals surface area contributed by atoms with E-state index in [1.807, 2.05) is 17.0 Å². The quantitative estimate of drug-likeness (QED) is 0.800. The number of carbonyl (C=O) groups excluding carboxylic acids is 1. The number of alkyl halides is 1. The van der Waals surface area contributed by atoms with Gasteiger partial charge in [0.1, 0.15) is 5.69 Å². The Morgan fingerprint density at radius 1 is 1.44 bits per heavy atom. The van der Waals surface area contributed by atoms with Gasteiger partial charge in [-0.2, -0.15) is 0 Å². The normalized spacial score (nSPS) is 16.8. The van der Waals surface area contributed by atoms with Crippen molar-refractivity contribution in [3.05, 3.63) is 30.1 Å². The first-order valence-corrected chi connectivity index (χ1v) is 7.31. The van der Waals surface area contributed by atoms with Gasteiger partial charge >= 0.3 is 0 Å². The largest absolute Gasteiger partial charge is 0.377 e. The summed E-state index contributed by atoms with van der Waals surface area (Å²) in [6.07, 6.45) is 3.76. The van der Waals surface area contributed by atoms with E-state index in [-0.39, 0.29) is 12.0 Å². The molecule has 0 bridgehead atoms. The highest BCUT2D eigenvalue weighted by atomic mass is 79.9. The first-order chi connectivity index (χ1) is 8.81. The van der Waals surface area contributed by atoms with Gasteiger partial charge in [-0.3, -0.25) is 9.78 Å². The predicted molar refractivity (Wildman–Crippen MR) is 72.9 cm³/mol. The zero-order chi connectivity index (χ0) is 12.8. The van der Waals surface area contributed by atoms with Crippen molar-refractivity contribution in [2.75, 3.05) is 25.0 Å². The number of hydrogen-bond donors (Lipinski definition) is 0. The number of likely N-dealkylation sites (tertiary alicyclic amines) is 1. The molecule has 0 aromatic carbocycles. The van der Waals surface area contributed by atoms with Gasteiger partial charge in [0.05, 0.1) is 12.7 Å². The maximum Gasteiger partial charge on any atom is 0.272 e. The van der Waals surface area contributed by atoms with Crippen LogP contribution in [0.4, 0.5) is 0 Å². The molecule has 98 valence electrons. The molecule has 1 fully saturated rings. The minimum absolute atomic E-state index is 0.0227. The number of aromatic nitrogens is 1. The minimum atomic E-state index is 0.0227. The van der Waals surface area contributed by atoms with Gasteiger partial charge < -0.3 is 9.64 Å². The van der Waals surface area contributed by atoms with Gasteiger partial charge in [0.15, 0.2) is 0 Å². The molecule has 1 amide bonds. The number of nitrogens with zero attached hydrogens (tertiary/aromatic N) is 2. The maximum atomic E-state index is 12.1. The van der Waals surface area contributed by atoms with Crippen molar-refractivity contribution < 1.29 is 9.53 Å². The zero-order valence-electron chi connectivity index (χ0n) is 10.2. The van der Waals surface area contributed by atoms with Crippen LogP contribution in [0.2, 0.25) is 0 Å². The minimum Gasteiger partial charge on any atom is -0.377 e. The van der Waals surface area contributed by atoms with E-state index in [1.165, 1.54) is 0 Å². The van der Waals surface area contributed by atoms with E-state index in [1.54, 1.807) is 12.3 Å². The first-order valence-electron chi connectivity index (χ1n) is 6.19. The Morgan fingerprint density at radius 2 is 2.22 bits per heavy atom. The molecule has 1 saturated heterocycles. The van der Waals surface area contributed by atoms with Crippen LogP contribution in [-0.4, -0.2) is 46.9 Å². The van der Waals surface area contributed by atoms with E-state index in [9.17, 15) is 4.79 Å². The summed E-state index contributed by atoms with van der Waals surface area (Å²) in [7, 11) is 0. The second-order valence-electron chi connectivity index (χ2n) is 4.27. The number of piperidine rings is 1. The molecule has 18 heavy (non-hydrogen) atoms. The summed E-state index contributed by atoms with van der Waals surface area (Å²) < 4.78 is 5.67. The zero-order valence-corrected chi connectivity index (χ0v) is 11.8. The number of halogens is 1. The second kappa shape index (κ2) is 6.85. The van der Waals surface area contributed by atoms with Crippen molar-refractivity contribution in [1.82, 2.24) is 9.88 Å². The van der Waals surface area contributed by atoms with E-state index in [0.717, 1.165) is 37.9 Å². The molecule has 0 aliphatic carbocycles. The molecule has 1 aromatic heterocycles. The fraction of sp³-hybridized carbons (Fsp3) is 0.538. The van der Waals surface area contributed by atoms with Crippen molar-refractivity contribution >= 4 is 21.8 Å². The van der Waals surface area contributed by atoms with Gasteiger partial charge in [0, 0.05) is 24.6 Å². The third kappa shape index (κ3) is 3.53. The maximum absolute atomic E-state index is 12.1. The van der Waals surface area contributed by atoms with Gasteiger partial charge in [-0.1, -0.05) is 22.0 Å². The predicted octanol–water partition coefficient (Wildman–Crippen LogP) is 2.10. The topological polar surface area (TPSA) is 42.4 Å². The number of hydrogen-bond acceptors (Lipinski definition) is 3. The molecule has 4 nitrogen and oxygen atoms in total. The fourth-order valence-corrected chi connectivity index (χ4v) is 2.27. The highest BCUT2D eigenvalue weighted by Crippen LogP contribution is 2.15. The molecule has 1 aliphatic rings. The average Bonchev–Trinajstić information content (AvgIpc) is 2.46. The van der Waals surface area contributed by atoms with Crippen molar-refractivity contribution in [1.29, 1.82) is 0 Å². The molecule has 1 aliphatic heterocycles. The Kier molecular flexibility index (Phi) is 5.13. The van der Waals surface area contributed by atoms with Crippen LogP contribution >= 0.6 is 15.9 Å². The van der Waals surface area contributed by atoms with Gasteiger partial charge in [-0.15, -0.1) is 0 Å². The van der Waals surface area contributed by atoms with Crippen LogP contribution in [0.3, 0.4) is 0 Å². The highest BCUT2D eigenvalue weighted by molar-refractivity contribution is 9.09. The standard InChI is InChI=1S/C13H17BrN2O2/c14-6-10-18-11-4-8-16(9-5-11)13(17)12-3-1-2-7-15-12/h1-3,7,11H,4-6,8-10H2. The van der Waals surface area contributed by atoms with Crippen molar-refractivity contribution in [2.45, 2.75) is 18.9 Å². The van der Waals surface area contributed by atoms with Crippen LogP contribution in [0.25, 0.3) is 0 Å². The van der Waals surface area contributed by atoms with Gasteiger partial charge in [0.25, 0.3) is 5.91 Å². The van der Waals surface area contributed by atoms with Crippen molar-refractivity contribution in [3.8, 4) is 0 Å². The second-order valence-corrected chi connectivity index (χ2v) is 5.06. The SMILES string of the molecule is O=C(c1ccccn1)N1CCC(OCCBr)CC1. The Morgan fingerprint density at radius 3 is 2.83 bits per heavy atom. The highest BCUT2D eigenvalue weighted by Gasteiger charge is 2.24. The lowest BCUT2D eigenvalue weighted by Gasteiger charge is -2.31. The van der Waals surface area contributed by atoms with E-state index in [2.05, 4.69) is 20.9 Å². The molecule has 0 atom stereocenters. The van der Waals surface area contributed by atoms with E-state index in [0.29, 0.717) is 5.69 Å². The van der Waals surface area contributed by atoms with Crippen LogP contribution in [0.5, 0.6) is 0 Å². The molecule has 0 N–H and O–H groups in total. The van der Waals surface area contributed by atoms with Crippen molar-refractivity contribution in [3.63, 3.8) is 0 Å². The van der Waals surface area contributed by atoms with Gasteiger partial charge in [-0.25, -0.2) is 0 Å². The molecule has 0 radical (unpaired) electrons. The van der Waals surface area contributed by atoms with E-state index >= 15 is 0 Å². The van der Waals surface area contributed by atoms with Crippen LogP contribution < -0.4 is 0 Å². The van der Waals surface area contributed by atoms with Gasteiger partial charge in [0.2, 0.25) is 0 Å². The molecule has 2 rings (SSSR count). The average molecular weight is 313 g/mol. The van der Waals surface area contributed by atoms with Crippen molar-refractivity contribution in [2.24, 2.45) is 0 Å². The summed E-state index contributed by atoms with van der Waals surface area (Å²) in [6, 6.07) is 5.42. The van der Waals surface area contributed by atoms with Crippen LogP contribution in [0, 0.1) is 0 Å². The third-order valence-corrected chi connectivity index (χ3v) is 3.37. The number of rotatable bonds is 4. The summed E-state index contributed by atoms with van der Waals surface area (Å²) >= 11 is 3.34. The fourth-order valence-electron chi connectivity index (χ4n) is 2.09. The van der Waals surface area contributed by atoms with Gasteiger partial charge in [-0.05, 0) is 25.0 Å². The lowest BCUT2D eigenvalue weighted by molar-refractivity contribution is 0.0158. The Labute approximate surface area is 115 Å². The molecular formula is C13H17BrN2O2. The molecule has 5 heteroatoms. The van der Waals surface area contributed by atoms with Crippen LogP contribution in [0.1, 0.15) is 23.3 Å². The first kappa shape index (κ1) is 13.5. The molecule has 1 aromatic rings. The van der Waals surface area contributed by atoms with E-state index < -0.39 is 0 Å². The molecule has 2 heterocycles. The summed E-state index contributed by atoms with van der Waals surface area (Å²) in [5.41, 5.74) is 0.525.